The summed E-state index contributed by atoms with van der Waals surface area (Å²) in [5.74, 6) is -0.220. The molecule has 0 saturated carbocycles. The summed E-state index contributed by atoms with van der Waals surface area (Å²) in [4.78, 5) is 12.1. The van der Waals surface area contributed by atoms with Crippen LogP contribution in [0.5, 0.6) is 5.75 Å². The van der Waals surface area contributed by atoms with Gasteiger partial charge < -0.3 is 15.8 Å². The van der Waals surface area contributed by atoms with Gasteiger partial charge in [0.15, 0.2) is 6.61 Å². The van der Waals surface area contributed by atoms with E-state index in [0.717, 1.165) is 11.1 Å². The van der Waals surface area contributed by atoms with Crippen molar-refractivity contribution in [2.45, 2.75) is 26.2 Å². The maximum absolute atomic E-state index is 12.4. The lowest BCUT2D eigenvalue weighted by Crippen LogP contribution is -2.24. The molecule has 7 heteroatoms. The molecule has 4 nitrogen and oxygen atoms in total. The molecule has 0 unspecified atom stereocenters. The zero-order chi connectivity index (χ0) is 18.4. The maximum Gasteiger partial charge on any atom is 0.422 e. The van der Waals surface area contributed by atoms with Crippen molar-refractivity contribution in [2.75, 3.05) is 6.61 Å². The van der Waals surface area contributed by atoms with Crippen LogP contribution in [0.15, 0.2) is 42.5 Å². The first-order valence-corrected chi connectivity index (χ1v) is 7.65. The maximum atomic E-state index is 12.4. The van der Waals surface area contributed by atoms with Crippen LogP contribution < -0.4 is 15.8 Å². The van der Waals surface area contributed by atoms with Gasteiger partial charge in [-0.25, -0.2) is 0 Å². The molecule has 0 radical (unpaired) electrons. The summed E-state index contributed by atoms with van der Waals surface area (Å²) in [5.41, 5.74) is 8.09. The SMILES string of the molecule is Cc1ccc(CNC(=O)c2ccc(CN)cc2)c(OCC(F)(F)F)c1. The topological polar surface area (TPSA) is 64.4 Å². The third kappa shape index (κ3) is 5.79. The molecule has 0 aliphatic carbocycles. The quantitative estimate of drug-likeness (QED) is 0.838. The van der Waals surface area contributed by atoms with Gasteiger partial charge in [-0.3, -0.25) is 4.79 Å². The van der Waals surface area contributed by atoms with Crippen molar-refractivity contribution in [3.05, 3.63) is 64.7 Å². The Morgan fingerprint density at radius 1 is 1.16 bits per heavy atom. The van der Waals surface area contributed by atoms with Crippen molar-refractivity contribution in [1.29, 1.82) is 0 Å². The van der Waals surface area contributed by atoms with E-state index in [1.807, 2.05) is 0 Å². The molecule has 0 aliphatic heterocycles. The highest BCUT2D eigenvalue weighted by Crippen LogP contribution is 2.23. The van der Waals surface area contributed by atoms with Crippen LogP contribution in [0, 0.1) is 6.92 Å². The summed E-state index contributed by atoms with van der Waals surface area (Å²) < 4.78 is 42.0. The highest BCUT2D eigenvalue weighted by molar-refractivity contribution is 5.94. The number of halogens is 3. The fourth-order valence-corrected chi connectivity index (χ4v) is 2.17. The predicted octanol–water partition coefficient (Wildman–Crippen LogP) is 3.32. The van der Waals surface area contributed by atoms with Gasteiger partial charge in [0.05, 0.1) is 0 Å². The zero-order valence-electron chi connectivity index (χ0n) is 13.7. The van der Waals surface area contributed by atoms with Crippen molar-refractivity contribution in [3.8, 4) is 5.75 Å². The summed E-state index contributed by atoms with van der Waals surface area (Å²) >= 11 is 0. The van der Waals surface area contributed by atoms with Gasteiger partial charge in [-0.2, -0.15) is 13.2 Å². The van der Waals surface area contributed by atoms with E-state index >= 15 is 0 Å². The van der Waals surface area contributed by atoms with E-state index in [-0.39, 0.29) is 18.2 Å². The molecule has 3 N–H and O–H groups in total. The molecule has 25 heavy (non-hydrogen) atoms. The van der Waals surface area contributed by atoms with Crippen LogP contribution in [0.4, 0.5) is 13.2 Å². The van der Waals surface area contributed by atoms with E-state index in [1.165, 1.54) is 6.07 Å². The van der Waals surface area contributed by atoms with Crippen LogP contribution in [0.2, 0.25) is 0 Å². The molecule has 0 aromatic heterocycles. The highest BCUT2D eigenvalue weighted by atomic mass is 19.4. The molecule has 0 spiro atoms. The molecule has 0 aliphatic rings. The van der Waals surface area contributed by atoms with Crippen LogP contribution in [0.1, 0.15) is 27.0 Å². The fourth-order valence-electron chi connectivity index (χ4n) is 2.17. The van der Waals surface area contributed by atoms with Crippen molar-refractivity contribution in [1.82, 2.24) is 5.32 Å². The smallest absolute Gasteiger partial charge is 0.422 e. The molecule has 0 heterocycles. The van der Waals surface area contributed by atoms with Crippen LogP contribution in [0.25, 0.3) is 0 Å². The first-order valence-electron chi connectivity index (χ1n) is 7.65. The highest BCUT2D eigenvalue weighted by Gasteiger charge is 2.28. The predicted molar refractivity (Wildman–Crippen MR) is 88.2 cm³/mol. The zero-order valence-corrected chi connectivity index (χ0v) is 13.7. The van der Waals surface area contributed by atoms with Gasteiger partial charge in [-0.1, -0.05) is 24.3 Å². The summed E-state index contributed by atoms with van der Waals surface area (Å²) in [7, 11) is 0. The number of hydrogen-bond donors (Lipinski definition) is 2. The molecule has 134 valence electrons. The van der Waals surface area contributed by atoms with Gasteiger partial charge in [0.2, 0.25) is 0 Å². The van der Waals surface area contributed by atoms with Crippen molar-refractivity contribution >= 4 is 5.91 Å². The summed E-state index contributed by atoms with van der Waals surface area (Å²) in [6, 6.07) is 11.7. The van der Waals surface area contributed by atoms with Gasteiger partial charge in [0.25, 0.3) is 5.91 Å². The number of nitrogens with one attached hydrogen (secondary N) is 1. The Labute approximate surface area is 143 Å². The van der Waals surface area contributed by atoms with Crippen LogP contribution in [0.3, 0.4) is 0 Å². The molecule has 0 bridgehead atoms. The van der Waals surface area contributed by atoms with E-state index in [9.17, 15) is 18.0 Å². The number of ether oxygens (including phenoxy) is 1. The lowest BCUT2D eigenvalue weighted by Gasteiger charge is -2.14. The number of alkyl halides is 3. The largest absolute Gasteiger partial charge is 0.484 e. The normalized spacial score (nSPS) is 11.2. The van der Waals surface area contributed by atoms with Crippen molar-refractivity contribution < 1.29 is 22.7 Å². The lowest BCUT2D eigenvalue weighted by atomic mass is 10.1. The number of nitrogens with two attached hydrogens (primary N) is 1. The van der Waals surface area contributed by atoms with Gasteiger partial charge in [-0.15, -0.1) is 0 Å². The molecule has 1 amide bonds. The standard InChI is InChI=1S/C18H19F3N2O2/c1-12-2-5-15(16(8-12)25-11-18(19,20)21)10-23-17(24)14-6-3-13(9-22)4-7-14/h2-8H,9-11,22H2,1H3,(H,23,24). The Hall–Kier alpha value is -2.54. The number of benzene rings is 2. The molecule has 0 atom stereocenters. The fraction of sp³-hybridized carbons (Fsp3) is 0.278. The monoisotopic (exact) mass is 352 g/mol. The van der Waals surface area contributed by atoms with E-state index in [2.05, 4.69) is 5.32 Å². The first-order chi connectivity index (χ1) is 11.8. The Morgan fingerprint density at radius 3 is 2.44 bits per heavy atom. The second-order valence-electron chi connectivity index (χ2n) is 5.60. The lowest BCUT2D eigenvalue weighted by molar-refractivity contribution is -0.153. The Balaban J connectivity index is 2.04. The van der Waals surface area contributed by atoms with Crippen LogP contribution in [-0.4, -0.2) is 18.7 Å². The first kappa shape index (κ1) is 18.8. The Morgan fingerprint density at radius 2 is 1.84 bits per heavy atom. The van der Waals surface area contributed by atoms with Gasteiger partial charge >= 0.3 is 6.18 Å². The number of rotatable bonds is 6. The number of hydrogen-bond acceptors (Lipinski definition) is 3. The summed E-state index contributed by atoms with van der Waals surface area (Å²) in [6.45, 7) is 0.815. The molecule has 0 saturated heterocycles. The third-order valence-electron chi connectivity index (χ3n) is 3.51. The average molecular weight is 352 g/mol. The van der Waals surface area contributed by atoms with Crippen molar-refractivity contribution in [2.24, 2.45) is 5.73 Å². The second kappa shape index (κ2) is 8.02. The van der Waals surface area contributed by atoms with Crippen molar-refractivity contribution in [3.63, 3.8) is 0 Å². The van der Waals surface area contributed by atoms with Gasteiger partial charge in [-0.05, 0) is 36.2 Å². The number of amides is 1. The summed E-state index contributed by atoms with van der Waals surface area (Å²) in [5, 5.41) is 2.68. The van der Waals surface area contributed by atoms with Gasteiger partial charge in [0, 0.05) is 24.2 Å². The second-order valence-corrected chi connectivity index (χ2v) is 5.60. The third-order valence-corrected chi connectivity index (χ3v) is 3.51. The molecule has 2 rings (SSSR count). The molecular formula is C18H19F3N2O2. The number of carbonyl (C=O) groups excluding carboxylic acids is 1. The number of aryl methyl sites for hydroxylation is 1. The van der Waals surface area contributed by atoms with E-state index < -0.39 is 12.8 Å². The number of carbonyl (C=O) groups is 1. The summed E-state index contributed by atoms with van der Waals surface area (Å²) in [6.07, 6.45) is -4.42. The molecule has 2 aromatic rings. The minimum atomic E-state index is -4.42. The van der Waals surface area contributed by atoms with E-state index in [0.29, 0.717) is 17.7 Å². The minimum Gasteiger partial charge on any atom is -0.484 e. The Kier molecular flexibility index (Phi) is 6.03. The van der Waals surface area contributed by atoms with Crippen LogP contribution in [-0.2, 0) is 13.1 Å². The molecule has 2 aromatic carbocycles. The Bertz CT molecular complexity index is 728. The average Bonchev–Trinajstić information content (AvgIpc) is 2.58. The molecule has 0 fully saturated rings. The van der Waals surface area contributed by atoms with E-state index in [4.69, 9.17) is 10.5 Å². The van der Waals surface area contributed by atoms with Crippen LogP contribution >= 0.6 is 0 Å². The minimum absolute atomic E-state index is 0.0605. The van der Waals surface area contributed by atoms with E-state index in [1.54, 1.807) is 43.3 Å². The van der Waals surface area contributed by atoms with Gasteiger partial charge in [0.1, 0.15) is 5.75 Å². The molecular weight excluding hydrogens is 333 g/mol.